The summed E-state index contributed by atoms with van der Waals surface area (Å²) in [7, 11) is -3.86. The molecule has 2 saturated heterocycles. The average molecular weight is 489 g/mol. The van der Waals surface area contributed by atoms with E-state index in [0.717, 1.165) is 27.5 Å². The van der Waals surface area contributed by atoms with Crippen molar-refractivity contribution in [1.82, 2.24) is 14.2 Å². The van der Waals surface area contributed by atoms with Crippen molar-refractivity contribution in [3.8, 4) is 0 Å². The third kappa shape index (κ3) is 4.22. The number of benzene rings is 2. The summed E-state index contributed by atoms with van der Waals surface area (Å²) in [4.78, 5) is 22.0. The van der Waals surface area contributed by atoms with Crippen LogP contribution in [0.3, 0.4) is 0 Å². The molecule has 1 aromatic heterocycles. The van der Waals surface area contributed by atoms with Crippen LogP contribution < -0.4 is 4.90 Å². The molecule has 10 heteroatoms. The van der Waals surface area contributed by atoms with E-state index in [9.17, 15) is 17.6 Å². The maximum absolute atomic E-state index is 13.3. The van der Waals surface area contributed by atoms with Crippen molar-refractivity contribution in [1.29, 1.82) is 0 Å². The van der Waals surface area contributed by atoms with Gasteiger partial charge in [0.15, 0.2) is 5.13 Å². The van der Waals surface area contributed by atoms with Gasteiger partial charge >= 0.3 is 0 Å². The number of halogens is 1. The van der Waals surface area contributed by atoms with E-state index in [1.807, 2.05) is 6.07 Å². The molecule has 1 amide bonds. The van der Waals surface area contributed by atoms with E-state index in [-0.39, 0.29) is 10.8 Å². The van der Waals surface area contributed by atoms with Gasteiger partial charge in [-0.3, -0.25) is 4.79 Å². The number of rotatable bonds is 4. The Morgan fingerprint density at radius 3 is 2.52 bits per heavy atom. The summed E-state index contributed by atoms with van der Waals surface area (Å²) in [6.07, 6.45) is 1.12. The van der Waals surface area contributed by atoms with Crippen LogP contribution >= 0.6 is 11.3 Å². The molecule has 2 fully saturated rings. The number of fused-ring (bicyclic) bond motifs is 1. The number of nitrogens with zero attached hydrogens (tertiary/aromatic N) is 4. The van der Waals surface area contributed by atoms with Crippen LogP contribution in [0.25, 0.3) is 10.2 Å². The highest BCUT2D eigenvalue weighted by Gasteiger charge is 2.41. The lowest BCUT2D eigenvalue weighted by Crippen LogP contribution is -2.54. The second-order valence-corrected chi connectivity index (χ2v) is 11.4. The summed E-state index contributed by atoms with van der Waals surface area (Å²) < 4.78 is 41.9. The first-order chi connectivity index (χ1) is 15.8. The van der Waals surface area contributed by atoms with Crippen molar-refractivity contribution in [2.75, 3.05) is 37.6 Å². The number of hydrogen-bond acceptors (Lipinski definition) is 6. The zero-order valence-electron chi connectivity index (χ0n) is 18.3. The molecule has 0 aliphatic carbocycles. The molecule has 174 valence electrons. The fourth-order valence-corrected chi connectivity index (χ4v) is 7.27. The Kier molecular flexibility index (Phi) is 5.84. The van der Waals surface area contributed by atoms with Gasteiger partial charge in [-0.2, -0.15) is 4.31 Å². The van der Waals surface area contributed by atoms with Crippen LogP contribution in [0.2, 0.25) is 0 Å². The molecule has 2 aliphatic heterocycles. The van der Waals surface area contributed by atoms with Crippen molar-refractivity contribution >= 4 is 42.6 Å². The van der Waals surface area contributed by atoms with Crippen LogP contribution in [0, 0.1) is 12.7 Å². The van der Waals surface area contributed by atoms with Gasteiger partial charge in [-0.15, -0.1) is 0 Å². The minimum absolute atomic E-state index is 0.0134. The summed E-state index contributed by atoms with van der Waals surface area (Å²) in [5, 5.41) is 0.948. The lowest BCUT2D eigenvalue weighted by Gasteiger charge is -2.37. The Balaban J connectivity index is 1.27. The Labute approximate surface area is 196 Å². The Morgan fingerprint density at radius 2 is 1.79 bits per heavy atom. The molecule has 0 unspecified atom stereocenters. The standard InChI is InChI=1S/C23H25FN4O3S2/c1-16-4-9-19-21(15-16)32-23(25-19)27-13-11-26(12-14-27)22(29)20-3-2-10-28(20)33(30,31)18-7-5-17(24)6-8-18/h4-9,15,20H,2-3,10-14H2,1H3/t20-/m0/s1. The number of thiazole rings is 1. The van der Waals surface area contributed by atoms with E-state index in [4.69, 9.17) is 4.98 Å². The zero-order valence-corrected chi connectivity index (χ0v) is 19.9. The van der Waals surface area contributed by atoms with Gasteiger partial charge in [0.2, 0.25) is 15.9 Å². The number of aryl methyl sites for hydroxylation is 1. The Bertz CT molecular complexity index is 1280. The van der Waals surface area contributed by atoms with Gasteiger partial charge in [0, 0.05) is 32.7 Å². The molecule has 1 atom stereocenters. The van der Waals surface area contributed by atoms with E-state index in [1.54, 1.807) is 16.2 Å². The maximum Gasteiger partial charge on any atom is 0.243 e. The second kappa shape index (κ2) is 8.66. The minimum atomic E-state index is -3.86. The molecule has 0 spiro atoms. The van der Waals surface area contributed by atoms with Crippen LogP contribution in [0.1, 0.15) is 18.4 Å². The highest BCUT2D eigenvalue weighted by atomic mass is 32.2. The predicted molar refractivity (Wildman–Crippen MR) is 126 cm³/mol. The number of piperazine rings is 1. The van der Waals surface area contributed by atoms with E-state index in [1.165, 1.54) is 22.0 Å². The predicted octanol–water partition coefficient (Wildman–Crippen LogP) is 3.25. The maximum atomic E-state index is 13.3. The van der Waals surface area contributed by atoms with Gasteiger partial charge in [0.25, 0.3) is 0 Å². The number of aromatic nitrogens is 1. The number of amides is 1. The van der Waals surface area contributed by atoms with Crippen molar-refractivity contribution in [3.63, 3.8) is 0 Å². The largest absolute Gasteiger partial charge is 0.345 e. The monoisotopic (exact) mass is 488 g/mol. The smallest absolute Gasteiger partial charge is 0.243 e. The van der Waals surface area contributed by atoms with E-state index in [2.05, 4.69) is 24.0 Å². The number of carbonyl (C=O) groups is 1. The normalized spacial score (nSPS) is 20.0. The van der Waals surface area contributed by atoms with Crippen LogP contribution in [0.5, 0.6) is 0 Å². The van der Waals surface area contributed by atoms with Crippen molar-refractivity contribution in [2.45, 2.75) is 30.7 Å². The molecule has 5 rings (SSSR count). The Hall–Kier alpha value is -2.56. The zero-order chi connectivity index (χ0) is 23.2. The molecular weight excluding hydrogens is 463 g/mol. The van der Waals surface area contributed by atoms with Gasteiger partial charge in [0.1, 0.15) is 11.9 Å². The first-order valence-corrected chi connectivity index (χ1v) is 13.3. The highest BCUT2D eigenvalue weighted by molar-refractivity contribution is 7.89. The van der Waals surface area contributed by atoms with Gasteiger partial charge in [-0.1, -0.05) is 17.4 Å². The summed E-state index contributed by atoms with van der Waals surface area (Å²) in [5.41, 5.74) is 2.18. The average Bonchev–Trinajstić information content (AvgIpc) is 3.46. The van der Waals surface area contributed by atoms with E-state index >= 15 is 0 Å². The summed E-state index contributed by atoms with van der Waals surface area (Å²) in [5.74, 6) is -0.651. The SMILES string of the molecule is Cc1ccc2nc(N3CCN(C(=O)[C@@H]4CCCN4S(=O)(=O)c4ccc(F)cc4)CC3)sc2c1. The number of anilines is 1. The van der Waals surface area contributed by atoms with Crippen LogP contribution in [-0.4, -0.2) is 67.3 Å². The van der Waals surface area contributed by atoms with Crippen LogP contribution in [0.15, 0.2) is 47.4 Å². The Morgan fingerprint density at radius 1 is 1.06 bits per heavy atom. The summed E-state index contributed by atoms with van der Waals surface area (Å²) in [6, 6.07) is 10.3. The van der Waals surface area contributed by atoms with E-state index < -0.39 is 21.9 Å². The van der Waals surface area contributed by atoms with Gasteiger partial charge in [-0.05, 0) is 61.7 Å². The molecule has 2 aliphatic rings. The number of sulfonamides is 1. The fraction of sp³-hybridized carbons (Fsp3) is 0.391. The lowest BCUT2D eigenvalue weighted by atomic mass is 10.2. The van der Waals surface area contributed by atoms with Crippen molar-refractivity contribution in [2.24, 2.45) is 0 Å². The molecule has 2 aromatic carbocycles. The lowest BCUT2D eigenvalue weighted by molar-refractivity contribution is -0.134. The van der Waals surface area contributed by atoms with E-state index in [0.29, 0.717) is 45.6 Å². The van der Waals surface area contributed by atoms with Gasteiger partial charge in [-0.25, -0.2) is 17.8 Å². The molecule has 0 saturated carbocycles. The molecule has 0 N–H and O–H groups in total. The molecule has 3 aromatic rings. The van der Waals surface area contributed by atoms with Gasteiger partial charge in [0.05, 0.1) is 15.1 Å². The molecule has 0 radical (unpaired) electrons. The third-order valence-electron chi connectivity index (χ3n) is 6.30. The molecule has 0 bridgehead atoms. The summed E-state index contributed by atoms with van der Waals surface area (Å²) >= 11 is 1.65. The highest BCUT2D eigenvalue weighted by Crippen LogP contribution is 2.31. The minimum Gasteiger partial charge on any atom is -0.345 e. The second-order valence-electron chi connectivity index (χ2n) is 8.51. The van der Waals surface area contributed by atoms with Crippen molar-refractivity contribution < 1.29 is 17.6 Å². The third-order valence-corrected chi connectivity index (χ3v) is 9.30. The molecule has 7 nitrogen and oxygen atoms in total. The topological polar surface area (TPSA) is 73.8 Å². The first-order valence-electron chi connectivity index (χ1n) is 11.0. The quantitative estimate of drug-likeness (QED) is 0.564. The number of hydrogen-bond donors (Lipinski definition) is 0. The van der Waals surface area contributed by atoms with Crippen LogP contribution in [-0.2, 0) is 14.8 Å². The van der Waals surface area contributed by atoms with Crippen LogP contribution in [0.4, 0.5) is 9.52 Å². The number of carbonyl (C=O) groups excluding carboxylic acids is 1. The first kappa shape index (κ1) is 22.2. The molecule has 3 heterocycles. The van der Waals surface area contributed by atoms with Crippen molar-refractivity contribution in [3.05, 3.63) is 53.8 Å². The molecular formula is C23H25FN4O3S2. The summed E-state index contributed by atoms with van der Waals surface area (Å²) in [6.45, 7) is 4.71. The fourth-order valence-electron chi connectivity index (χ4n) is 4.50. The molecule has 33 heavy (non-hydrogen) atoms. The van der Waals surface area contributed by atoms with Gasteiger partial charge < -0.3 is 9.80 Å².